The molecule has 1 aliphatic heterocycles. The molecule has 2 aromatic rings. The van der Waals surface area contributed by atoms with E-state index < -0.39 is 24.5 Å². The van der Waals surface area contributed by atoms with Crippen molar-refractivity contribution in [2.75, 3.05) is 11.5 Å². The Hall–Kier alpha value is -1.42. The van der Waals surface area contributed by atoms with Crippen LogP contribution < -0.4 is 5.73 Å². The number of rotatable bonds is 2. The monoisotopic (exact) mass is 283 g/mol. The van der Waals surface area contributed by atoms with Gasteiger partial charge in [-0.2, -0.15) is 12.6 Å². The Balaban J connectivity index is 2.04. The van der Waals surface area contributed by atoms with Crippen LogP contribution in [0.5, 0.6) is 0 Å². The van der Waals surface area contributed by atoms with Crippen LogP contribution in [0.1, 0.15) is 6.23 Å². The van der Waals surface area contributed by atoms with Crippen molar-refractivity contribution in [3.05, 3.63) is 12.7 Å². The molecule has 9 heteroatoms. The van der Waals surface area contributed by atoms with E-state index in [1.165, 1.54) is 17.2 Å². The molecule has 2 unspecified atom stereocenters. The second kappa shape index (κ2) is 4.60. The number of nitrogen functional groups attached to an aromatic ring is 1. The molecule has 1 aliphatic rings. The van der Waals surface area contributed by atoms with Crippen molar-refractivity contribution in [2.24, 2.45) is 0 Å². The first-order chi connectivity index (χ1) is 9.13. The zero-order valence-electron chi connectivity index (χ0n) is 9.79. The van der Waals surface area contributed by atoms with E-state index in [-0.39, 0.29) is 5.82 Å². The highest BCUT2D eigenvalue weighted by molar-refractivity contribution is 7.80. The summed E-state index contributed by atoms with van der Waals surface area (Å²) in [4.78, 5) is 12.0. The number of aliphatic hydroxyl groups excluding tert-OH is 2. The van der Waals surface area contributed by atoms with Crippen molar-refractivity contribution in [1.82, 2.24) is 19.5 Å². The summed E-state index contributed by atoms with van der Waals surface area (Å²) in [7, 11) is 0. The van der Waals surface area contributed by atoms with Crippen LogP contribution in [0.25, 0.3) is 11.2 Å². The molecule has 1 fully saturated rings. The average Bonchev–Trinajstić information content (AvgIpc) is 2.94. The SMILES string of the molecule is Nc1ncnc2c1ncn2[C@@H]1O[C@H](CS)C(O)C1O. The number of hydrogen-bond acceptors (Lipinski definition) is 8. The second-order valence-corrected chi connectivity index (χ2v) is 4.68. The number of anilines is 1. The van der Waals surface area contributed by atoms with Gasteiger partial charge < -0.3 is 20.7 Å². The molecule has 4 atom stereocenters. The lowest BCUT2D eigenvalue weighted by atomic mass is 10.1. The largest absolute Gasteiger partial charge is 0.387 e. The number of nitrogens with zero attached hydrogens (tertiary/aromatic N) is 4. The summed E-state index contributed by atoms with van der Waals surface area (Å²) >= 11 is 4.08. The van der Waals surface area contributed by atoms with Crippen molar-refractivity contribution in [3.8, 4) is 0 Å². The molecule has 0 amide bonds. The molecular formula is C10H13N5O3S. The van der Waals surface area contributed by atoms with E-state index in [9.17, 15) is 10.2 Å². The van der Waals surface area contributed by atoms with Crippen molar-refractivity contribution in [1.29, 1.82) is 0 Å². The van der Waals surface area contributed by atoms with Crippen LogP contribution in [0, 0.1) is 0 Å². The third-order valence-electron chi connectivity index (χ3n) is 3.18. The fourth-order valence-electron chi connectivity index (χ4n) is 2.17. The van der Waals surface area contributed by atoms with E-state index in [2.05, 4.69) is 27.6 Å². The first kappa shape index (κ1) is 12.6. The van der Waals surface area contributed by atoms with Gasteiger partial charge in [0.1, 0.15) is 24.1 Å². The molecule has 0 radical (unpaired) electrons. The molecule has 3 heterocycles. The third-order valence-corrected chi connectivity index (χ3v) is 3.54. The van der Waals surface area contributed by atoms with Gasteiger partial charge >= 0.3 is 0 Å². The van der Waals surface area contributed by atoms with Crippen molar-refractivity contribution in [2.45, 2.75) is 24.5 Å². The number of aliphatic hydroxyl groups is 2. The molecular weight excluding hydrogens is 270 g/mol. The Bertz CT molecular complexity index is 606. The minimum absolute atomic E-state index is 0.252. The Morgan fingerprint density at radius 3 is 2.79 bits per heavy atom. The lowest BCUT2D eigenvalue weighted by molar-refractivity contribution is -0.0288. The quantitative estimate of drug-likeness (QED) is 0.520. The van der Waals surface area contributed by atoms with Crippen LogP contribution in [0.15, 0.2) is 12.7 Å². The lowest BCUT2D eigenvalue weighted by Crippen LogP contribution is -2.32. The zero-order valence-corrected chi connectivity index (χ0v) is 10.7. The molecule has 0 saturated carbocycles. The van der Waals surface area contributed by atoms with Gasteiger partial charge in [0.05, 0.1) is 12.4 Å². The van der Waals surface area contributed by atoms with Gasteiger partial charge in [-0.3, -0.25) is 4.57 Å². The maximum atomic E-state index is 10.0. The predicted molar refractivity (Wildman–Crippen MR) is 69.5 cm³/mol. The maximum absolute atomic E-state index is 10.0. The molecule has 0 spiro atoms. The summed E-state index contributed by atoms with van der Waals surface area (Å²) in [6.45, 7) is 0. The summed E-state index contributed by atoms with van der Waals surface area (Å²) in [5.41, 5.74) is 6.57. The van der Waals surface area contributed by atoms with Gasteiger partial charge in [0.25, 0.3) is 0 Å². The summed E-state index contributed by atoms with van der Waals surface area (Å²) < 4.78 is 7.11. The van der Waals surface area contributed by atoms with Crippen LogP contribution in [0.3, 0.4) is 0 Å². The van der Waals surface area contributed by atoms with E-state index in [1.54, 1.807) is 0 Å². The minimum atomic E-state index is -1.08. The minimum Gasteiger partial charge on any atom is -0.387 e. The molecule has 2 aromatic heterocycles. The fraction of sp³-hybridized carbons (Fsp3) is 0.500. The van der Waals surface area contributed by atoms with Gasteiger partial charge in [-0.05, 0) is 0 Å². The van der Waals surface area contributed by atoms with Crippen LogP contribution in [0.4, 0.5) is 5.82 Å². The zero-order chi connectivity index (χ0) is 13.6. The van der Waals surface area contributed by atoms with Gasteiger partial charge in [-0.25, -0.2) is 15.0 Å². The predicted octanol–water partition coefficient (Wildman–Crippen LogP) is -1.04. The number of thiol groups is 1. The van der Waals surface area contributed by atoms with Gasteiger partial charge in [0.2, 0.25) is 0 Å². The Kier molecular flexibility index (Phi) is 3.05. The average molecular weight is 283 g/mol. The standard InChI is InChI=1S/C10H13N5O3S/c11-8-5-9(13-2-12-8)15(3-14-5)10-7(17)6(16)4(1-19)18-10/h2-4,6-7,10,16-17,19H,1H2,(H2,11,12,13)/t4-,6?,7?,10-/m1/s1. The highest BCUT2D eigenvalue weighted by Crippen LogP contribution is 2.32. The Labute approximate surface area is 113 Å². The lowest BCUT2D eigenvalue weighted by Gasteiger charge is -2.16. The number of aromatic nitrogens is 4. The Morgan fingerprint density at radius 1 is 1.32 bits per heavy atom. The number of ether oxygens (including phenoxy) is 1. The molecule has 0 bridgehead atoms. The molecule has 0 aliphatic carbocycles. The van der Waals surface area contributed by atoms with E-state index in [1.807, 2.05) is 0 Å². The summed E-state index contributed by atoms with van der Waals surface area (Å²) in [5.74, 6) is 0.556. The first-order valence-electron chi connectivity index (χ1n) is 5.69. The fourth-order valence-corrected chi connectivity index (χ4v) is 2.47. The smallest absolute Gasteiger partial charge is 0.167 e. The van der Waals surface area contributed by atoms with E-state index in [0.717, 1.165) is 0 Å². The van der Waals surface area contributed by atoms with Gasteiger partial charge in [0, 0.05) is 5.75 Å². The summed E-state index contributed by atoms with van der Waals surface area (Å²) in [6.07, 6.45) is -0.628. The van der Waals surface area contributed by atoms with E-state index >= 15 is 0 Å². The van der Waals surface area contributed by atoms with Gasteiger partial charge in [-0.1, -0.05) is 0 Å². The van der Waals surface area contributed by atoms with Crippen LogP contribution >= 0.6 is 12.6 Å². The van der Waals surface area contributed by atoms with Crippen LogP contribution in [-0.4, -0.2) is 53.8 Å². The number of nitrogens with two attached hydrogens (primary N) is 1. The van der Waals surface area contributed by atoms with Crippen molar-refractivity contribution in [3.63, 3.8) is 0 Å². The number of imidazole rings is 1. The Morgan fingerprint density at radius 2 is 2.11 bits per heavy atom. The van der Waals surface area contributed by atoms with Crippen molar-refractivity contribution < 1.29 is 14.9 Å². The molecule has 1 saturated heterocycles. The number of hydrogen-bond donors (Lipinski definition) is 4. The highest BCUT2D eigenvalue weighted by atomic mass is 32.1. The maximum Gasteiger partial charge on any atom is 0.167 e. The molecule has 102 valence electrons. The molecule has 4 N–H and O–H groups in total. The summed E-state index contributed by atoms with van der Waals surface area (Å²) in [5, 5.41) is 19.9. The topological polar surface area (TPSA) is 119 Å². The number of fused-ring (bicyclic) bond motifs is 1. The summed E-state index contributed by atoms with van der Waals surface area (Å²) in [6, 6.07) is 0. The van der Waals surface area contributed by atoms with Crippen LogP contribution in [0.2, 0.25) is 0 Å². The second-order valence-electron chi connectivity index (χ2n) is 4.31. The van der Waals surface area contributed by atoms with Crippen molar-refractivity contribution >= 4 is 29.6 Å². The molecule has 19 heavy (non-hydrogen) atoms. The third kappa shape index (κ3) is 1.86. The molecule has 3 rings (SSSR count). The van der Waals surface area contributed by atoms with E-state index in [0.29, 0.717) is 16.9 Å². The highest BCUT2D eigenvalue weighted by Gasteiger charge is 2.43. The normalized spacial score (nSPS) is 31.1. The molecule has 8 nitrogen and oxygen atoms in total. The molecule has 0 aromatic carbocycles. The van der Waals surface area contributed by atoms with Crippen LogP contribution in [-0.2, 0) is 4.74 Å². The van der Waals surface area contributed by atoms with Gasteiger partial charge in [0.15, 0.2) is 17.7 Å². The first-order valence-corrected chi connectivity index (χ1v) is 6.32. The van der Waals surface area contributed by atoms with Gasteiger partial charge in [-0.15, -0.1) is 0 Å². The van der Waals surface area contributed by atoms with E-state index in [4.69, 9.17) is 10.5 Å².